The number of hydrogen-bond donors (Lipinski definition) is 0. The van der Waals surface area contributed by atoms with E-state index in [-0.39, 0.29) is 40.0 Å². The summed E-state index contributed by atoms with van der Waals surface area (Å²) in [6.45, 7) is 2.87. The molecule has 1 fully saturated rings. The van der Waals surface area contributed by atoms with Gasteiger partial charge in [-0.3, -0.25) is 9.78 Å². The molecule has 0 N–H and O–H groups in total. The fourth-order valence-electron chi connectivity index (χ4n) is 2.91. The third-order valence-corrected chi connectivity index (χ3v) is 7.27. The number of aryl methyl sites for hydroxylation is 1. The van der Waals surface area contributed by atoms with Gasteiger partial charge in [-0.05, 0) is 31.2 Å². The topological polar surface area (TPSA) is 89.1 Å². The van der Waals surface area contributed by atoms with Crippen LogP contribution in [0.15, 0.2) is 35.2 Å². The molecule has 0 unspecified atom stereocenters. The van der Waals surface area contributed by atoms with E-state index in [1.165, 1.54) is 23.5 Å². The lowest BCUT2D eigenvalue weighted by molar-refractivity contribution is -0.143. The standard InChI is InChI=1S/C20H22Cl2N2O5S/c1-3-28-19(25)8-7-14-5-4-6-18(23-14)13-9-16(21)20(17(22)10-13)30(26,27)24(2)11-15-12-29-15/h4-6,9-10,15H,3,7-8,11-12H2,1-2H3/t15-/m0/s1. The van der Waals surface area contributed by atoms with Gasteiger partial charge in [0, 0.05) is 31.3 Å². The van der Waals surface area contributed by atoms with Crippen molar-refractivity contribution >= 4 is 39.2 Å². The highest BCUT2D eigenvalue weighted by atomic mass is 35.5. The number of carbonyl (C=O) groups excluding carboxylic acids is 1. The van der Waals surface area contributed by atoms with Crippen molar-refractivity contribution in [1.29, 1.82) is 0 Å². The minimum atomic E-state index is -3.87. The summed E-state index contributed by atoms with van der Waals surface area (Å²) in [7, 11) is -2.40. The van der Waals surface area contributed by atoms with E-state index in [0.29, 0.717) is 36.6 Å². The van der Waals surface area contributed by atoms with Crippen LogP contribution in [-0.4, -0.2) is 56.6 Å². The van der Waals surface area contributed by atoms with Crippen LogP contribution in [0.1, 0.15) is 19.0 Å². The molecule has 7 nitrogen and oxygen atoms in total. The van der Waals surface area contributed by atoms with Gasteiger partial charge in [-0.15, -0.1) is 0 Å². The first-order valence-corrected chi connectivity index (χ1v) is 11.6. The van der Waals surface area contributed by atoms with Crippen LogP contribution < -0.4 is 0 Å². The van der Waals surface area contributed by atoms with Crippen molar-refractivity contribution in [3.05, 3.63) is 46.1 Å². The normalized spacial score (nSPS) is 16.0. The van der Waals surface area contributed by atoms with Gasteiger partial charge < -0.3 is 9.47 Å². The summed E-state index contributed by atoms with van der Waals surface area (Å²) in [5.74, 6) is -0.286. The molecule has 30 heavy (non-hydrogen) atoms. The van der Waals surface area contributed by atoms with Crippen molar-refractivity contribution in [3.63, 3.8) is 0 Å². The Balaban J connectivity index is 1.84. The van der Waals surface area contributed by atoms with Gasteiger partial charge in [0.1, 0.15) is 4.90 Å². The maximum atomic E-state index is 12.9. The first kappa shape index (κ1) is 23.0. The minimum Gasteiger partial charge on any atom is -0.466 e. The zero-order chi connectivity index (χ0) is 21.9. The number of ether oxygens (including phenoxy) is 2. The molecule has 1 aromatic heterocycles. The number of rotatable bonds is 9. The van der Waals surface area contributed by atoms with Crippen LogP contribution in [-0.2, 0) is 30.7 Å². The smallest absolute Gasteiger partial charge is 0.306 e. The molecular formula is C20H22Cl2N2O5S. The maximum Gasteiger partial charge on any atom is 0.306 e. The number of likely N-dealkylation sites (N-methyl/N-ethyl adjacent to an activating group) is 1. The van der Waals surface area contributed by atoms with Crippen molar-refractivity contribution in [2.24, 2.45) is 0 Å². The molecule has 2 aromatic rings. The molecule has 1 saturated heterocycles. The zero-order valence-electron chi connectivity index (χ0n) is 16.6. The summed E-state index contributed by atoms with van der Waals surface area (Å²) in [5.41, 5.74) is 1.85. The predicted molar refractivity (Wildman–Crippen MR) is 114 cm³/mol. The van der Waals surface area contributed by atoms with E-state index in [2.05, 4.69) is 4.98 Å². The molecule has 0 bridgehead atoms. The Bertz CT molecular complexity index is 1020. The monoisotopic (exact) mass is 472 g/mol. The second-order valence-corrected chi connectivity index (χ2v) is 9.63. The van der Waals surface area contributed by atoms with Crippen LogP contribution in [0.2, 0.25) is 10.0 Å². The number of pyridine rings is 1. The highest BCUT2D eigenvalue weighted by molar-refractivity contribution is 7.89. The van der Waals surface area contributed by atoms with Crippen LogP contribution in [0.3, 0.4) is 0 Å². The molecule has 0 saturated carbocycles. The van der Waals surface area contributed by atoms with Gasteiger partial charge in [-0.25, -0.2) is 8.42 Å². The van der Waals surface area contributed by atoms with Crippen molar-refractivity contribution < 1.29 is 22.7 Å². The second-order valence-electron chi connectivity index (χ2n) is 6.83. The van der Waals surface area contributed by atoms with Crippen molar-refractivity contribution in [2.45, 2.75) is 30.8 Å². The van der Waals surface area contributed by atoms with Crippen molar-refractivity contribution in [2.75, 3.05) is 26.8 Å². The van der Waals surface area contributed by atoms with Crippen LogP contribution in [0.4, 0.5) is 0 Å². The lowest BCUT2D eigenvalue weighted by atomic mass is 10.1. The Morgan fingerprint density at radius 1 is 1.30 bits per heavy atom. The highest BCUT2D eigenvalue weighted by Gasteiger charge is 2.33. The van der Waals surface area contributed by atoms with Crippen molar-refractivity contribution in [3.8, 4) is 11.3 Å². The van der Waals surface area contributed by atoms with Crippen LogP contribution >= 0.6 is 23.2 Å². The number of epoxide rings is 1. The number of halogens is 2. The summed E-state index contributed by atoms with van der Waals surface area (Å²) in [4.78, 5) is 16.0. The maximum absolute atomic E-state index is 12.9. The van der Waals surface area contributed by atoms with E-state index in [1.54, 1.807) is 25.1 Å². The molecule has 0 amide bonds. The van der Waals surface area contributed by atoms with Gasteiger partial charge in [0.2, 0.25) is 10.0 Å². The number of esters is 1. The van der Waals surface area contributed by atoms with E-state index in [0.717, 1.165) is 0 Å². The highest BCUT2D eigenvalue weighted by Crippen LogP contribution is 2.36. The van der Waals surface area contributed by atoms with E-state index in [9.17, 15) is 13.2 Å². The fraction of sp³-hybridized carbons (Fsp3) is 0.400. The van der Waals surface area contributed by atoms with Crippen LogP contribution in [0.5, 0.6) is 0 Å². The Morgan fingerprint density at radius 2 is 1.97 bits per heavy atom. The number of hydrogen-bond acceptors (Lipinski definition) is 6. The van der Waals surface area contributed by atoms with Gasteiger partial charge in [-0.2, -0.15) is 4.31 Å². The lowest BCUT2D eigenvalue weighted by Gasteiger charge is -2.18. The Morgan fingerprint density at radius 3 is 2.57 bits per heavy atom. The summed E-state index contributed by atoms with van der Waals surface area (Å²) in [6.07, 6.45) is 0.553. The number of carbonyl (C=O) groups is 1. The molecule has 3 rings (SSSR count). The molecule has 1 atom stereocenters. The Hall–Kier alpha value is -1.71. The number of benzene rings is 1. The lowest BCUT2D eigenvalue weighted by Crippen LogP contribution is -2.31. The van der Waals surface area contributed by atoms with Gasteiger partial charge in [-0.1, -0.05) is 29.3 Å². The quantitative estimate of drug-likeness (QED) is 0.409. The molecule has 1 aromatic carbocycles. The molecule has 162 valence electrons. The van der Waals surface area contributed by atoms with Gasteiger partial charge in [0.15, 0.2) is 0 Å². The fourth-order valence-corrected chi connectivity index (χ4v) is 5.27. The van der Waals surface area contributed by atoms with Crippen LogP contribution in [0, 0.1) is 0 Å². The molecule has 0 aliphatic carbocycles. The summed E-state index contributed by atoms with van der Waals surface area (Å²) in [6, 6.07) is 8.43. The van der Waals surface area contributed by atoms with Gasteiger partial charge in [0.05, 0.1) is 41.5 Å². The molecule has 1 aliphatic heterocycles. The molecule has 10 heteroatoms. The predicted octanol–water partition coefficient (Wildman–Crippen LogP) is 3.57. The molecule has 1 aliphatic rings. The number of nitrogens with zero attached hydrogens (tertiary/aromatic N) is 2. The molecule has 0 radical (unpaired) electrons. The minimum absolute atomic E-state index is 0.0137. The average molecular weight is 473 g/mol. The zero-order valence-corrected chi connectivity index (χ0v) is 18.9. The SMILES string of the molecule is CCOC(=O)CCc1cccc(-c2cc(Cl)c(S(=O)(=O)N(C)C[C@H]3CO3)c(Cl)c2)n1. The Labute approximate surface area is 186 Å². The second kappa shape index (κ2) is 9.62. The first-order chi connectivity index (χ1) is 14.2. The summed E-state index contributed by atoms with van der Waals surface area (Å²) >= 11 is 12.7. The number of aromatic nitrogens is 1. The number of sulfonamides is 1. The summed E-state index contributed by atoms with van der Waals surface area (Å²) in [5, 5.41) is 0.0274. The third kappa shape index (κ3) is 5.50. The van der Waals surface area contributed by atoms with Crippen LogP contribution in [0.25, 0.3) is 11.3 Å². The van der Waals surface area contributed by atoms with Gasteiger partial charge in [0.25, 0.3) is 0 Å². The summed E-state index contributed by atoms with van der Waals surface area (Å²) < 4.78 is 37.0. The van der Waals surface area contributed by atoms with E-state index in [4.69, 9.17) is 32.7 Å². The van der Waals surface area contributed by atoms with E-state index >= 15 is 0 Å². The molecule has 2 heterocycles. The average Bonchev–Trinajstić information content (AvgIpc) is 3.50. The third-order valence-electron chi connectivity index (χ3n) is 4.52. The molecule has 0 spiro atoms. The van der Waals surface area contributed by atoms with Crippen molar-refractivity contribution in [1.82, 2.24) is 9.29 Å². The molecular weight excluding hydrogens is 451 g/mol. The first-order valence-electron chi connectivity index (χ1n) is 9.41. The van der Waals surface area contributed by atoms with E-state index < -0.39 is 10.0 Å². The largest absolute Gasteiger partial charge is 0.466 e. The van der Waals surface area contributed by atoms with Gasteiger partial charge >= 0.3 is 5.97 Å². The Kier molecular flexibility index (Phi) is 7.36. The van der Waals surface area contributed by atoms with E-state index in [1.807, 2.05) is 0 Å².